The van der Waals surface area contributed by atoms with E-state index in [0.717, 1.165) is 20.9 Å². The van der Waals surface area contributed by atoms with Crippen molar-refractivity contribution in [3.05, 3.63) is 59.7 Å². The first-order valence-corrected chi connectivity index (χ1v) is 8.06. The van der Waals surface area contributed by atoms with Crippen LogP contribution in [0.4, 0.5) is 0 Å². The first kappa shape index (κ1) is 15.3. The molecule has 2 rings (SSSR count). The van der Waals surface area contributed by atoms with Gasteiger partial charge in [0.2, 0.25) is 0 Å². The summed E-state index contributed by atoms with van der Waals surface area (Å²) < 4.78 is 0. The van der Waals surface area contributed by atoms with Crippen molar-refractivity contribution >= 4 is 58.2 Å². The zero-order valence-corrected chi connectivity index (χ0v) is 13.5. The van der Waals surface area contributed by atoms with E-state index in [9.17, 15) is 0 Å². The first-order chi connectivity index (χ1) is 9.06. The summed E-state index contributed by atoms with van der Waals surface area (Å²) in [4.78, 5) is 1.28. The molecule has 0 nitrogen and oxygen atoms in total. The lowest BCUT2D eigenvalue weighted by atomic mass is 10.2. The van der Waals surface area contributed by atoms with Gasteiger partial charge in [-0.1, -0.05) is 36.0 Å². The largest absolute Gasteiger partial charge is 0.132 e. The van der Waals surface area contributed by atoms with Crippen molar-refractivity contribution in [2.75, 3.05) is 0 Å². The monoisotopic (exact) mass is 350 g/mol. The highest BCUT2D eigenvalue weighted by Crippen LogP contribution is 2.32. The highest BCUT2D eigenvalue weighted by atomic mass is 35.5. The minimum atomic E-state index is -0.484. The molecule has 0 aromatic heterocycles. The number of alkyl halides is 4. The number of hydrogen-bond acceptors (Lipinski definition) is 1. The molecule has 0 unspecified atom stereocenters. The van der Waals surface area contributed by atoms with Crippen LogP contribution in [0.3, 0.4) is 0 Å². The maximum absolute atomic E-state index is 5.80. The van der Waals surface area contributed by atoms with Crippen molar-refractivity contribution in [1.82, 2.24) is 0 Å². The van der Waals surface area contributed by atoms with Crippen molar-refractivity contribution in [3.8, 4) is 0 Å². The van der Waals surface area contributed by atoms with Crippen LogP contribution in [0.1, 0.15) is 20.8 Å². The van der Waals surface area contributed by atoms with Gasteiger partial charge in [-0.3, -0.25) is 0 Å². The van der Waals surface area contributed by atoms with Crippen molar-refractivity contribution in [3.63, 3.8) is 0 Å². The van der Waals surface area contributed by atoms with Gasteiger partial charge in [-0.25, -0.2) is 0 Å². The minimum Gasteiger partial charge on any atom is -0.100 e. The lowest BCUT2D eigenvalue weighted by Gasteiger charge is -2.06. The van der Waals surface area contributed by atoms with Gasteiger partial charge in [0, 0.05) is 9.79 Å². The maximum atomic E-state index is 5.80. The molecule has 0 saturated carbocycles. The topological polar surface area (TPSA) is 0 Å². The molecule has 5 heteroatoms. The molecule has 0 atom stereocenters. The second kappa shape index (κ2) is 7.10. The van der Waals surface area contributed by atoms with Crippen LogP contribution in [0.25, 0.3) is 0 Å². The summed E-state index contributed by atoms with van der Waals surface area (Å²) >= 11 is 24.8. The molecule has 0 fully saturated rings. The number of rotatable bonds is 4. The fraction of sp³-hybridized carbons (Fsp3) is 0.143. The molecule has 0 aliphatic heterocycles. The Hall–Kier alpha value is -0.0500. The van der Waals surface area contributed by atoms with Crippen molar-refractivity contribution in [1.29, 1.82) is 0 Å². The Balaban J connectivity index is 2.08. The Morgan fingerprint density at radius 1 is 0.579 bits per heavy atom. The third kappa shape index (κ3) is 4.47. The predicted octanol–water partition coefficient (Wildman–Crippen LogP) is 6.79. The van der Waals surface area contributed by atoms with Crippen LogP contribution in [0.2, 0.25) is 0 Å². The van der Waals surface area contributed by atoms with Crippen LogP contribution in [-0.4, -0.2) is 0 Å². The fourth-order valence-corrected chi connectivity index (χ4v) is 2.90. The van der Waals surface area contributed by atoms with E-state index in [1.165, 1.54) is 0 Å². The summed E-state index contributed by atoms with van der Waals surface area (Å²) in [6, 6.07) is 15.7. The van der Waals surface area contributed by atoms with E-state index in [2.05, 4.69) is 0 Å². The summed E-state index contributed by atoms with van der Waals surface area (Å²) in [5, 5.41) is 0. The van der Waals surface area contributed by atoms with Gasteiger partial charge in [-0.2, -0.15) is 0 Å². The number of halogens is 4. The summed E-state index contributed by atoms with van der Waals surface area (Å²) in [6.07, 6.45) is 0. The smallest absolute Gasteiger partial charge is 0.100 e. The van der Waals surface area contributed by atoms with Crippen LogP contribution in [0.15, 0.2) is 58.3 Å². The molecule has 0 aliphatic rings. The molecule has 0 amide bonds. The lowest BCUT2D eigenvalue weighted by molar-refractivity contribution is 1.29. The summed E-state index contributed by atoms with van der Waals surface area (Å²) in [5.74, 6) is 0. The van der Waals surface area contributed by atoms with Gasteiger partial charge in [0.25, 0.3) is 0 Å². The summed E-state index contributed by atoms with van der Waals surface area (Å²) in [5.41, 5.74) is 1.80. The van der Waals surface area contributed by atoms with Gasteiger partial charge >= 0.3 is 0 Å². The molecule has 0 spiro atoms. The van der Waals surface area contributed by atoms with Gasteiger partial charge in [-0.05, 0) is 35.4 Å². The average Bonchev–Trinajstić information content (AvgIpc) is 2.40. The maximum Gasteiger partial charge on any atom is 0.132 e. The third-order valence-electron chi connectivity index (χ3n) is 2.50. The molecular formula is C14H10Cl4S. The predicted molar refractivity (Wildman–Crippen MR) is 85.9 cm³/mol. The molecular weight excluding hydrogens is 342 g/mol. The fourth-order valence-electron chi connectivity index (χ4n) is 1.50. The molecule has 0 N–H and O–H groups in total. The second-order valence-corrected chi connectivity index (χ2v) is 7.18. The van der Waals surface area contributed by atoms with Gasteiger partial charge < -0.3 is 0 Å². The van der Waals surface area contributed by atoms with E-state index in [1.54, 1.807) is 11.8 Å². The average molecular weight is 352 g/mol. The van der Waals surface area contributed by atoms with Crippen molar-refractivity contribution in [2.24, 2.45) is 0 Å². The Morgan fingerprint density at radius 3 is 1.16 bits per heavy atom. The Kier molecular flexibility index (Phi) is 5.73. The highest BCUT2D eigenvalue weighted by Gasteiger charge is 2.05. The normalized spacial score (nSPS) is 11.3. The summed E-state index contributed by atoms with van der Waals surface area (Å²) in [7, 11) is 0. The molecule has 2 aromatic rings. The zero-order valence-electron chi connectivity index (χ0n) is 9.69. The van der Waals surface area contributed by atoms with Gasteiger partial charge in [-0.15, -0.1) is 46.4 Å². The molecule has 0 aliphatic carbocycles. The van der Waals surface area contributed by atoms with Crippen molar-refractivity contribution < 1.29 is 0 Å². The lowest BCUT2D eigenvalue weighted by Crippen LogP contribution is -1.82. The SMILES string of the molecule is ClC(Cl)c1ccc(Sc2ccc(C(Cl)Cl)cc2)cc1. The Bertz CT molecular complexity index is 471. The second-order valence-electron chi connectivity index (χ2n) is 3.84. The molecule has 0 bridgehead atoms. The van der Waals surface area contributed by atoms with Gasteiger partial charge in [0.1, 0.15) is 9.67 Å². The Morgan fingerprint density at radius 2 is 0.895 bits per heavy atom. The number of benzene rings is 2. The van der Waals surface area contributed by atoms with E-state index in [1.807, 2.05) is 48.5 Å². The van der Waals surface area contributed by atoms with Gasteiger partial charge in [0.05, 0.1) is 0 Å². The molecule has 0 saturated heterocycles. The minimum absolute atomic E-state index is 0.484. The first-order valence-electron chi connectivity index (χ1n) is 5.50. The molecule has 0 radical (unpaired) electrons. The van der Waals surface area contributed by atoms with E-state index < -0.39 is 9.67 Å². The van der Waals surface area contributed by atoms with E-state index in [-0.39, 0.29) is 0 Å². The molecule has 100 valence electrons. The van der Waals surface area contributed by atoms with E-state index >= 15 is 0 Å². The van der Waals surface area contributed by atoms with Crippen molar-refractivity contribution in [2.45, 2.75) is 19.5 Å². The van der Waals surface area contributed by atoms with Gasteiger partial charge in [0.15, 0.2) is 0 Å². The summed E-state index contributed by atoms with van der Waals surface area (Å²) in [6.45, 7) is 0. The number of hydrogen-bond donors (Lipinski definition) is 0. The highest BCUT2D eigenvalue weighted by molar-refractivity contribution is 7.99. The molecule has 19 heavy (non-hydrogen) atoms. The quantitative estimate of drug-likeness (QED) is 0.546. The van der Waals surface area contributed by atoms with Crippen LogP contribution in [-0.2, 0) is 0 Å². The van der Waals surface area contributed by atoms with Crippen LogP contribution >= 0.6 is 58.2 Å². The Labute approximate surface area is 137 Å². The van der Waals surface area contributed by atoms with Crippen LogP contribution in [0, 0.1) is 0 Å². The van der Waals surface area contributed by atoms with Crippen LogP contribution in [0.5, 0.6) is 0 Å². The van der Waals surface area contributed by atoms with Crippen LogP contribution < -0.4 is 0 Å². The molecule has 0 heterocycles. The molecule has 2 aromatic carbocycles. The third-order valence-corrected chi connectivity index (χ3v) is 4.52. The van der Waals surface area contributed by atoms with E-state index in [0.29, 0.717) is 0 Å². The van der Waals surface area contributed by atoms with E-state index in [4.69, 9.17) is 46.4 Å². The zero-order chi connectivity index (χ0) is 13.8. The standard InChI is InChI=1S/C14H10Cl4S/c15-13(16)9-1-5-11(6-2-9)19-12-7-3-10(4-8-12)14(17)18/h1-8,13-14H.